The molecule has 3 aromatic carbocycles. The Morgan fingerprint density at radius 3 is 2.27 bits per heavy atom. The first-order chi connectivity index (χ1) is 18.1. The lowest BCUT2D eigenvalue weighted by Gasteiger charge is -2.25. The minimum Gasteiger partial charge on any atom is -0.468 e. The minimum atomic E-state index is -0.460. The maximum absolute atomic E-state index is 12.3. The SMILES string of the molecule is O=[N+]([O-])c1c(CC2CCCc3ccc(Cl)cc32)nc(OCc2ccccc2)nc1OCc1ccccc1. The summed E-state index contributed by atoms with van der Waals surface area (Å²) in [5.74, 6) is -0.0518. The average Bonchev–Trinajstić information content (AvgIpc) is 2.92. The predicted octanol–water partition coefficient (Wildman–Crippen LogP) is 6.86. The molecular weight excluding hydrogens is 490 g/mol. The fourth-order valence-corrected chi connectivity index (χ4v) is 4.89. The van der Waals surface area contributed by atoms with Gasteiger partial charge in [-0.25, -0.2) is 0 Å². The van der Waals surface area contributed by atoms with Crippen LogP contribution in [0.3, 0.4) is 0 Å². The van der Waals surface area contributed by atoms with E-state index in [2.05, 4.69) is 9.97 Å². The van der Waals surface area contributed by atoms with E-state index in [0.29, 0.717) is 17.1 Å². The van der Waals surface area contributed by atoms with Crippen LogP contribution in [-0.2, 0) is 26.1 Å². The van der Waals surface area contributed by atoms with Crippen molar-refractivity contribution in [1.29, 1.82) is 0 Å². The van der Waals surface area contributed by atoms with Crippen molar-refractivity contribution >= 4 is 17.3 Å². The van der Waals surface area contributed by atoms with Crippen LogP contribution < -0.4 is 9.47 Å². The number of rotatable bonds is 9. The van der Waals surface area contributed by atoms with Crippen LogP contribution in [0.5, 0.6) is 11.9 Å². The standard InChI is InChI=1S/C29H26ClN3O4/c30-24-15-14-22-12-7-13-23(25(22)17-24)16-26-27(33(34)35)28(36-18-20-8-3-1-4-9-20)32-29(31-26)37-19-21-10-5-2-6-11-21/h1-6,8-11,14-15,17,23H,7,12-13,16,18-19H2. The summed E-state index contributed by atoms with van der Waals surface area (Å²) in [7, 11) is 0. The molecule has 0 spiro atoms. The highest BCUT2D eigenvalue weighted by Crippen LogP contribution is 2.39. The number of aromatic nitrogens is 2. The van der Waals surface area contributed by atoms with Crippen molar-refractivity contribution in [2.75, 3.05) is 0 Å². The molecule has 7 nitrogen and oxygen atoms in total. The number of fused-ring (bicyclic) bond motifs is 1. The van der Waals surface area contributed by atoms with Crippen LogP contribution in [0.4, 0.5) is 5.69 Å². The lowest BCUT2D eigenvalue weighted by atomic mass is 9.80. The van der Waals surface area contributed by atoms with E-state index >= 15 is 0 Å². The average molecular weight is 516 g/mol. The van der Waals surface area contributed by atoms with Gasteiger partial charge in [0.1, 0.15) is 18.9 Å². The highest BCUT2D eigenvalue weighted by molar-refractivity contribution is 6.30. The number of halogens is 1. The summed E-state index contributed by atoms with van der Waals surface area (Å²) in [6.45, 7) is 0.371. The van der Waals surface area contributed by atoms with Gasteiger partial charge in [0.05, 0.1) is 4.92 Å². The molecule has 37 heavy (non-hydrogen) atoms. The lowest BCUT2D eigenvalue weighted by molar-refractivity contribution is -0.387. The van der Waals surface area contributed by atoms with Gasteiger partial charge in [-0.15, -0.1) is 0 Å². The molecule has 1 atom stereocenters. The molecule has 4 aromatic rings. The molecule has 0 radical (unpaired) electrons. The van der Waals surface area contributed by atoms with Crippen LogP contribution in [0.2, 0.25) is 5.02 Å². The predicted molar refractivity (Wildman–Crippen MR) is 141 cm³/mol. The molecule has 5 rings (SSSR count). The summed E-state index contributed by atoms with van der Waals surface area (Å²) in [6.07, 6.45) is 3.20. The fourth-order valence-electron chi connectivity index (χ4n) is 4.71. The number of hydrogen-bond donors (Lipinski definition) is 0. The number of aryl methyl sites for hydroxylation is 1. The summed E-state index contributed by atoms with van der Waals surface area (Å²) in [5, 5.41) is 12.9. The zero-order chi connectivity index (χ0) is 25.6. The first-order valence-electron chi connectivity index (χ1n) is 12.2. The molecule has 188 valence electrons. The Labute approximate surface area is 220 Å². The molecule has 0 N–H and O–H groups in total. The van der Waals surface area contributed by atoms with Crippen molar-refractivity contribution in [1.82, 2.24) is 9.97 Å². The van der Waals surface area contributed by atoms with Gasteiger partial charge in [-0.2, -0.15) is 9.97 Å². The first-order valence-corrected chi connectivity index (χ1v) is 12.6. The molecular formula is C29H26ClN3O4. The van der Waals surface area contributed by atoms with Gasteiger partial charge >= 0.3 is 17.6 Å². The van der Waals surface area contributed by atoms with Gasteiger partial charge in [-0.05, 0) is 59.6 Å². The van der Waals surface area contributed by atoms with Crippen LogP contribution in [-0.4, -0.2) is 14.9 Å². The molecule has 0 saturated heterocycles. The topological polar surface area (TPSA) is 87.4 Å². The van der Waals surface area contributed by atoms with Crippen LogP contribution in [0.15, 0.2) is 78.9 Å². The van der Waals surface area contributed by atoms with Crippen molar-refractivity contribution in [3.8, 4) is 11.9 Å². The maximum Gasteiger partial charge on any atom is 0.352 e. The molecule has 1 aliphatic rings. The van der Waals surface area contributed by atoms with Crippen LogP contribution in [0, 0.1) is 10.1 Å². The van der Waals surface area contributed by atoms with Crippen molar-refractivity contribution in [3.63, 3.8) is 0 Å². The van der Waals surface area contributed by atoms with Crippen molar-refractivity contribution in [2.24, 2.45) is 0 Å². The van der Waals surface area contributed by atoms with Crippen molar-refractivity contribution in [3.05, 3.63) is 122 Å². The Kier molecular flexibility index (Phi) is 7.61. The normalized spacial score (nSPS) is 14.6. The van der Waals surface area contributed by atoms with Crippen LogP contribution in [0.25, 0.3) is 0 Å². The van der Waals surface area contributed by atoms with Crippen LogP contribution in [0.1, 0.15) is 46.7 Å². The molecule has 0 bridgehead atoms. The van der Waals surface area contributed by atoms with Gasteiger partial charge in [0, 0.05) is 11.4 Å². The third-order valence-corrected chi connectivity index (χ3v) is 6.74. The largest absolute Gasteiger partial charge is 0.468 e. The number of ether oxygens (including phenoxy) is 2. The van der Waals surface area contributed by atoms with Crippen molar-refractivity contribution in [2.45, 2.75) is 44.8 Å². The number of nitro groups is 1. The highest BCUT2D eigenvalue weighted by Gasteiger charge is 2.31. The molecule has 8 heteroatoms. The Morgan fingerprint density at radius 1 is 0.919 bits per heavy atom. The number of hydrogen-bond acceptors (Lipinski definition) is 6. The Hall–Kier alpha value is -3.97. The Balaban J connectivity index is 1.50. The summed E-state index contributed by atoms with van der Waals surface area (Å²) in [5.41, 5.74) is 4.22. The number of benzene rings is 3. The second kappa shape index (κ2) is 11.4. The van der Waals surface area contributed by atoms with E-state index in [1.807, 2.05) is 78.9 Å². The van der Waals surface area contributed by atoms with Crippen molar-refractivity contribution < 1.29 is 14.4 Å². The quantitative estimate of drug-likeness (QED) is 0.179. The summed E-state index contributed by atoms with van der Waals surface area (Å²) < 4.78 is 11.8. The smallest absolute Gasteiger partial charge is 0.352 e. The first kappa shape index (κ1) is 24.7. The molecule has 0 aliphatic heterocycles. The highest BCUT2D eigenvalue weighted by atomic mass is 35.5. The monoisotopic (exact) mass is 515 g/mol. The molecule has 1 heterocycles. The zero-order valence-electron chi connectivity index (χ0n) is 20.2. The van der Waals surface area contributed by atoms with Gasteiger partial charge in [-0.3, -0.25) is 10.1 Å². The maximum atomic E-state index is 12.3. The fraction of sp³-hybridized carbons (Fsp3) is 0.241. The summed E-state index contributed by atoms with van der Waals surface area (Å²) in [6, 6.07) is 25.0. The molecule has 0 saturated carbocycles. The van der Waals surface area contributed by atoms with Gasteiger partial charge in [-0.1, -0.05) is 78.3 Å². The van der Waals surface area contributed by atoms with E-state index in [1.54, 1.807) is 0 Å². The van der Waals surface area contributed by atoms with Crippen LogP contribution >= 0.6 is 11.6 Å². The number of nitrogens with zero attached hydrogens (tertiary/aromatic N) is 3. The minimum absolute atomic E-state index is 0.0417. The molecule has 1 unspecified atom stereocenters. The molecule has 1 aliphatic carbocycles. The van der Waals surface area contributed by atoms with Gasteiger partial charge in [0.15, 0.2) is 0 Å². The van der Waals surface area contributed by atoms with Gasteiger partial charge < -0.3 is 9.47 Å². The zero-order valence-corrected chi connectivity index (χ0v) is 20.9. The Morgan fingerprint density at radius 2 is 1.59 bits per heavy atom. The van der Waals surface area contributed by atoms with E-state index in [0.717, 1.165) is 36.0 Å². The van der Waals surface area contributed by atoms with E-state index in [1.165, 1.54) is 5.56 Å². The molecule has 0 amide bonds. The second-order valence-electron chi connectivity index (χ2n) is 9.05. The third-order valence-electron chi connectivity index (χ3n) is 6.50. The van der Waals surface area contributed by atoms with E-state index in [9.17, 15) is 10.1 Å². The second-order valence-corrected chi connectivity index (χ2v) is 9.49. The lowest BCUT2D eigenvalue weighted by Crippen LogP contribution is -2.15. The Bertz CT molecular complexity index is 1380. The summed E-state index contributed by atoms with van der Waals surface area (Å²) in [4.78, 5) is 20.7. The van der Waals surface area contributed by atoms with E-state index < -0.39 is 4.92 Å². The third kappa shape index (κ3) is 6.06. The van der Waals surface area contributed by atoms with Gasteiger partial charge in [0.25, 0.3) is 0 Å². The van der Waals surface area contributed by atoms with Gasteiger partial charge in [0.2, 0.25) is 0 Å². The molecule has 1 aromatic heterocycles. The summed E-state index contributed by atoms with van der Waals surface area (Å²) >= 11 is 6.30. The van der Waals surface area contributed by atoms with E-state index in [4.69, 9.17) is 21.1 Å². The molecule has 0 fully saturated rings. The van der Waals surface area contributed by atoms with E-state index in [-0.39, 0.29) is 36.7 Å².